The zero-order valence-corrected chi connectivity index (χ0v) is 26.7. The Hall–Kier alpha value is -3.30. The molecule has 0 saturated heterocycles. The first-order valence-electron chi connectivity index (χ1n) is 13.9. The highest BCUT2D eigenvalue weighted by Crippen LogP contribution is 2.28. The van der Waals surface area contributed by atoms with E-state index in [1.165, 1.54) is 16.8 Å². The number of likely N-dealkylation sites (N-methyl/N-ethyl adjacent to an activating group) is 2. The molecule has 0 aliphatic rings. The van der Waals surface area contributed by atoms with E-state index < -0.39 is 22.9 Å². The van der Waals surface area contributed by atoms with E-state index in [4.69, 9.17) is 5.73 Å². The summed E-state index contributed by atoms with van der Waals surface area (Å²) in [7, 11) is 3.43. The second-order valence-electron chi connectivity index (χ2n) is 12.0. The molecular formula is C32H47N5O3S. The Labute approximate surface area is 250 Å². The van der Waals surface area contributed by atoms with Crippen LogP contribution in [0.3, 0.4) is 0 Å². The van der Waals surface area contributed by atoms with Crippen molar-refractivity contribution in [1.29, 1.82) is 0 Å². The number of hydrogen-bond acceptors (Lipinski definition) is 6. The lowest BCUT2D eigenvalue weighted by Crippen LogP contribution is -2.60. The maximum atomic E-state index is 13.6. The number of hydrogen-bond donors (Lipinski definition) is 4. The Balaban J connectivity index is 2.10. The number of nitrogens with zero attached hydrogens (tertiary/aromatic N) is 1. The Morgan fingerprint density at radius 1 is 1.02 bits per heavy atom. The summed E-state index contributed by atoms with van der Waals surface area (Å²) in [4.78, 5) is 42.4. The summed E-state index contributed by atoms with van der Waals surface area (Å²) >= 11 is 1.25. The lowest BCUT2D eigenvalue weighted by atomic mass is 9.76. The smallest absolute Gasteiger partial charge is 0.256 e. The van der Waals surface area contributed by atoms with Gasteiger partial charge in [-0.05, 0) is 67.1 Å². The maximum Gasteiger partial charge on any atom is 0.256 e. The summed E-state index contributed by atoms with van der Waals surface area (Å²) in [6.07, 6.45) is 2.52. The molecule has 2 aromatic carbocycles. The van der Waals surface area contributed by atoms with E-state index in [1.54, 1.807) is 27.1 Å². The molecule has 0 spiro atoms. The van der Waals surface area contributed by atoms with Crippen LogP contribution < -0.4 is 21.1 Å². The van der Waals surface area contributed by atoms with Crippen LogP contribution in [0.4, 0.5) is 5.69 Å². The van der Waals surface area contributed by atoms with Crippen LogP contribution in [0.15, 0.2) is 65.1 Å². The predicted molar refractivity (Wildman–Crippen MR) is 169 cm³/mol. The van der Waals surface area contributed by atoms with Crippen LogP contribution in [0.5, 0.6) is 0 Å². The topological polar surface area (TPSA) is 117 Å². The number of nitrogens with two attached hydrogens (primary N) is 1. The van der Waals surface area contributed by atoms with Gasteiger partial charge >= 0.3 is 0 Å². The number of carbonyl (C=O) groups excluding carboxylic acids is 3. The van der Waals surface area contributed by atoms with Crippen molar-refractivity contribution in [2.24, 2.45) is 5.41 Å². The highest BCUT2D eigenvalue weighted by molar-refractivity contribution is 7.98. The minimum absolute atomic E-state index is 0.220. The van der Waals surface area contributed by atoms with Crippen LogP contribution in [0.2, 0.25) is 0 Å². The largest absolute Gasteiger partial charge is 0.399 e. The number of aryl methyl sites for hydroxylation is 1. The zero-order chi connectivity index (χ0) is 31.0. The molecule has 2 atom stereocenters. The molecule has 0 fully saturated rings. The van der Waals surface area contributed by atoms with Crippen molar-refractivity contribution in [2.75, 3.05) is 26.4 Å². The van der Waals surface area contributed by atoms with Crippen LogP contribution in [0.1, 0.15) is 59.6 Å². The third-order valence-corrected chi connectivity index (χ3v) is 8.22. The van der Waals surface area contributed by atoms with Crippen molar-refractivity contribution in [3.8, 4) is 0 Å². The fourth-order valence-electron chi connectivity index (χ4n) is 4.56. The molecule has 0 heterocycles. The Morgan fingerprint density at radius 3 is 2.22 bits per heavy atom. The molecule has 3 amide bonds. The third-order valence-electron chi connectivity index (χ3n) is 7.31. The van der Waals surface area contributed by atoms with E-state index in [-0.39, 0.29) is 24.3 Å². The Bertz CT molecular complexity index is 1240. The standard InChI is InChI=1S/C32H47N5O3S/c1-10-22-20-24(33)16-17-25(22)41-36-28(38)21(2)18-19-37(9)30(40)27(31(3,4)5)35-29(39)26(34-8)32(6,7)23-14-12-11-13-15-23/h11-18,20,26-27,34H,10,19,33H2,1-9H3,(H,35,39)(H,36,38)/b21-18+. The molecule has 224 valence electrons. The maximum absolute atomic E-state index is 13.6. The van der Waals surface area contributed by atoms with Gasteiger partial charge in [-0.2, -0.15) is 0 Å². The third kappa shape index (κ3) is 9.10. The van der Waals surface area contributed by atoms with Crippen molar-refractivity contribution >= 4 is 35.4 Å². The average Bonchev–Trinajstić information content (AvgIpc) is 2.93. The molecule has 41 heavy (non-hydrogen) atoms. The van der Waals surface area contributed by atoms with E-state index in [0.717, 1.165) is 22.4 Å². The predicted octanol–water partition coefficient (Wildman–Crippen LogP) is 4.46. The fraction of sp³-hybridized carbons (Fsp3) is 0.469. The summed E-state index contributed by atoms with van der Waals surface area (Å²) in [6.45, 7) is 13.8. The van der Waals surface area contributed by atoms with Crippen LogP contribution >= 0.6 is 11.9 Å². The van der Waals surface area contributed by atoms with Gasteiger partial charge in [0.05, 0.1) is 6.04 Å². The number of nitrogen functional groups attached to an aromatic ring is 1. The van der Waals surface area contributed by atoms with Gasteiger partial charge in [0, 0.05) is 35.2 Å². The van der Waals surface area contributed by atoms with Crippen molar-refractivity contribution in [2.45, 2.75) is 77.3 Å². The lowest BCUT2D eigenvalue weighted by molar-refractivity contribution is -0.139. The Kier molecular flexibility index (Phi) is 12.0. The van der Waals surface area contributed by atoms with Gasteiger partial charge in [0.25, 0.3) is 5.91 Å². The quantitative estimate of drug-likeness (QED) is 0.167. The summed E-state index contributed by atoms with van der Waals surface area (Å²) < 4.78 is 2.87. The number of benzene rings is 2. The number of nitrogens with one attached hydrogen (secondary N) is 3. The number of carbonyl (C=O) groups is 3. The normalized spacial score (nSPS) is 13.7. The highest BCUT2D eigenvalue weighted by atomic mass is 32.2. The molecule has 2 unspecified atom stereocenters. The minimum atomic E-state index is -0.765. The second kappa shape index (κ2) is 14.5. The molecule has 0 radical (unpaired) electrons. The summed E-state index contributed by atoms with van der Waals surface area (Å²) in [6, 6.07) is 14.1. The molecule has 5 N–H and O–H groups in total. The number of amides is 3. The van der Waals surface area contributed by atoms with Gasteiger partial charge in [-0.3, -0.25) is 19.1 Å². The van der Waals surface area contributed by atoms with Crippen molar-refractivity contribution in [3.63, 3.8) is 0 Å². The van der Waals surface area contributed by atoms with Crippen molar-refractivity contribution in [1.82, 2.24) is 20.3 Å². The van der Waals surface area contributed by atoms with E-state index in [9.17, 15) is 14.4 Å². The summed E-state index contributed by atoms with van der Waals surface area (Å²) in [5.74, 6) is -0.720. The fourth-order valence-corrected chi connectivity index (χ4v) is 5.40. The van der Waals surface area contributed by atoms with E-state index >= 15 is 0 Å². The van der Waals surface area contributed by atoms with Gasteiger partial charge in [0.15, 0.2) is 0 Å². The van der Waals surface area contributed by atoms with Crippen LogP contribution in [-0.4, -0.2) is 55.3 Å². The van der Waals surface area contributed by atoms with Crippen molar-refractivity contribution in [3.05, 3.63) is 71.3 Å². The van der Waals surface area contributed by atoms with Gasteiger partial charge in [-0.25, -0.2) is 0 Å². The van der Waals surface area contributed by atoms with Crippen molar-refractivity contribution < 1.29 is 14.4 Å². The monoisotopic (exact) mass is 581 g/mol. The number of anilines is 1. The van der Waals surface area contributed by atoms with E-state index in [0.29, 0.717) is 11.3 Å². The zero-order valence-electron chi connectivity index (χ0n) is 25.9. The molecule has 8 nitrogen and oxygen atoms in total. The molecule has 0 saturated carbocycles. The van der Waals surface area contributed by atoms with Gasteiger partial charge in [-0.1, -0.05) is 78.0 Å². The number of rotatable bonds is 12. The second-order valence-corrected chi connectivity index (χ2v) is 12.8. The first kappa shape index (κ1) is 33.9. The lowest BCUT2D eigenvalue weighted by Gasteiger charge is -2.38. The average molecular weight is 582 g/mol. The molecule has 2 aromatic rings. The first-order valence-corrected chi connectivity index (χ1v) is 14.8. The van der Waals surface area contributed by atoms with E-state index in [1.807, 2.05) is 90.1 Å². The molecule has 0 aliphatic heterocycles. The SMILES string of the molecule is CCc1cc(N)ccc1SNC(=O)/C(C)=C/CN(C)C(=O)C(NC(=O)C(NC)C(C)(C)c1ccccc1)C(C)(C)C. The van der Waals surface area contributed by atoms with Gasteiger partial charge in [0.1, 0.15) is 6.04 Å². The molecule has 0 aromatic heterocycles. The first-order chi connectivity index (χ1) is 19.1. The molecule has 0 aliphatic carbocycles. The van der Waals surface area contributed by atoms with Crippen LogP contribution in [-0.2, 0) is 26.2 Å². The summed E-state index contributed by atoms with van der Waals surface area (Å²) in [5.41, 5.74) is 8.06. The highest BCUT2D eigenvalue weighted by Gasteiger charge is 2.40. The van der Waals surface area contributed by atoms with Gasteiger partial charge in [0.2, 0.25) is 11.8 Å². The van der Waals surface area contributed by atoms with Gasteiger partial charge in [-0.15, -0.1) is 0 Å². The van der Waals surface area contributed by atoms with Gasteiger partial charge < -0.3 is 21.3 Å². The molecule has 2 rings (SSSR count). The molecular weight excluding hydrogens is 534 g/mol. The Morgan fingerprint density at radius 2 is 1.66 bits per heavy atom. The molecule has 9 heteroatoms. The van der Waals surface area contributed by atoms with Crippen LogP contribution in [0.25, 0.3) is 0 Å². The van der Waals surface area contributed by atoms with Crippen LogP contribution in [0, 0.1) is 5.41 Å². The minimum Gasteiger partial charge on any atom is -0.399 e. The van der Waals surface area contributed by atoms with E-state index in [2.05, 4.69) is 15.4 Å². The molecule has 0 bridgehead atoms. The summed E-state index contributed by atoms with van der Waals surface area (Å²) in [5, 5.41) is 6.18.